The summed E-state index contributed by atoms with van der Waals surface area (Å²) in [4.78, 5) is 28.4. The minimum atomic E-state index is -0.870. The zero-order valence-electron chi connectivity index (χ0n) is 20.2. The Morgan fingerprint density at radius 2 is 1.78 bits per heavy atom. The number of nitrogens with zero attached hydrogens (tertiary/aromatic N) is 1. The van der Waals surface area contributed by atoms with Crippen molar-refractivity contribution < 1.29 is 18.7 Å². The van der Waals surface area contributed by atoms with Crippen molar-refractivity contribution in [3.05, 3.63) is 99.2 Å². The van der Waals surface area contributed by atoms with Gasteiger partial charge >= 0.3 is 0 Å². The molecule has 3 rings (SSSR count). The first-order valence-corrected chi connectivity index (χ1v) is 12.9. The summed E-state index contributed by atoms with van der Waals surface area (Å²) in [6, 6.07) is 19.7. The zero-order valence-corrected chi connectivity index (χ0v) is 22.6. The maximum absolute atomic E-state index is 14.6. The third-order valence-corrected chi connectivity index (χ3v) is 6.67. The number of rotatable bonds is 11. The van der Waals surface area contributed by atoms with Gasteiger partial charge in [-0.3, -0.25) is 9.59 Å². The van der Waals surface area contributed by atoms with Crippen LogP contribution in [0.3, 0.4) is 0 Å². The fourth-order valence-corrected chi connectivity index (χ4v) is 4.42. The lowest BCUT2D eigenvalue weighted by Gasteiger charge is -2.32. The lowest BCUT2D eigenvalue weighted by Crippen LogP contribution is -2.53. The van der Waals surface area contributed by atoms with Crippen molar-refractivity contribution in [2.45, 2.75) is 45.3 Å². The summed E-state index contributed by atoms with van der Waals surface area (Å²) >= 11 is 9.38. The van der Waals surface area contributed by atoms with Crippen LogP contribution in [-0.4, -0.2) is 35.4 Å². The summed E-state index contributed by atoms with van der Waals surface area (Å²) in [6.45, 7) is 3.46. The van der Waals surface area contributed by atoms with Gasteiger partial charge in [-0.05, 0) is 59.1 Å². The Bertz CT molecular complexity index is 1180. The normalized spacial score (nSPS) is 12.5. The van der Waals surface area contributed by atoms with Crippen molar-refractivity contribution in [2.75, 3.05) is 6.61 Å². The summed E-state index contributed by atoms with van der Waals surface area (Å²) in [5.41, 5.74) is 1.20. The van der Waals surface area contributed by atoms with E-state index in [2.05, 4.69) is 21.2 Å². The van der Waals surface area contributed by atoms with Gasteiger partial charge in [0.1, 0.15) is 17.6 Å². The van der Waals surface area contributed by atoms with Crippen LogP contribution in [0.5, 0.6) is 5.75 Å². The van der Waals surface area contributed by atoms with Crippen LogP contribution in [0.2, 0.25) is 5.02 Å². The number of hydrogen-bond acceptors (Lipinski definition) is 3. The van der Waals surface area contributed by atoms with E-state index in [-0.39, 0.29) is 31.5 Å². The van der Waals surface area contributed by atoms with Crippen LogP contribution >= 0.6 is 27.5 Å². The third kappa shape index (κ3) is 7.80. The molecular weight excluding hydrogens is 547 g/mol. The molecule has 0 unspecified atom stereocenters. The third-order valence-electron chi connectivity index (χ3n) is 5.82. The Morgan fingerprint density at radius 1 is 1.08 bits per heavy atom. The Labute approximate surface area is 224 Å². The fraction of sp³-hybridized carbons (Fsp3) is 0.286. The maximum atomic E-state index is 14.6. The second-order valence-electron chi connectivity index (χ2n) is 8.50. The maximum Gasteiger partial charge on any atom is 0.261 e. The van der Waals surface area contributed by atoms with Crippen LogP contribution in [-0.2, 0) is 22.6 Å². The van der Waals surface area contributed by atoms with Gasteiger partial charge in [0.15, 0.2) is 6.61 Å². The van der Waals surface area contributed by atoms with E-state index in [1.807, 2.05) is 44.2 Å². The van der Waals surface area contributed by atoms with Crippen LogP contribution < -0.4 is 10.1 Å². The minimum absolute atomic E-state index is 0.0811. The van der Waals surface area contributed by atoms with Crippen molar-refractivity contribution in [2.24, 2.45) is 0 Å². The first-order chi connectivity index (χ1) is 17.3. The predicted molar refractivity (Wildman–Crippen MR) is 143 cm³/mol. The molecule has 0 bridgehead atoms. The van der Waals surface area contributed by atoms with E-state index in [9.17, 15) is 14.0 Å². The smallest absolute Gasteiger partial charge is 0.261 e. The first kappa shape index (κ1) is 27.7. The van der Waals surface area contributed by atoms with Gasteiger partial charge in [-0.2, -0.15) is 0 Å². The lowest BCUT2D eigenvalue weighted by molar-refractivity contribution is -0.143. The highest BCUT2D eigenvalue weighted by Gasteiger charge is 2.31. The summed E-state index contributed by atoms with van der Waals surface area (Å²) in [7, 11) is 0. The molecule has 0 fully saturated rings. The van der Waals surface area contributed by atoms with Gasteiger partial charge < -0.3 is 15.0 Å². The van der Waals surface area contributed by atoms with Gasteiger partial charge in [-0.1, -0.05) is 67.1 Å². The van der Waals surface area contributed by atoms with Crippen molar-refractivity contribution in [3.63, 3.8) is 0 Å². The summed E-state index contributed by atoms with van der Waals surface area (Å²) in [5, 5.41) is 3.51. The van der Waals surface area contributed by atoms with Crippen LogP contribution in [0, 0.1) is 5.82 Å². The molecule has 0 aliphatic carbocycles. The van der Waals surface area contributed by atoms with E-state index in [1.165, 1.54) is 11.0 Å². The molecule has 0 spiro atoms. The molecule has 0 heterocycles. The highest BCUT2D eigenvalue weighted by molar-refractivity contribution is 9.10. The van der Waals surface area contributed by atoms with Crippen molar-refractivity contribution >= 4 is 39.3 Å². The molecule has 3 aromatic carbocycles. The minimum Gasteiger partial charge on any atom is -0.483 e. The first-order valence-electron chi connectivity index (χ1n) is 11.7. The highest BCUT2D eigenvalue weighted by Crippen LogP contribution is 2.28. The number of carbonyl (C=O) groups is 2. The standard InChI is InChI=1S/C28H29BrClFN2O3/c1-3-19(2)32-28(35)25(15-20-9-5-4-6-10-20)33(17-21-11-7-8-12-24(21)31)27(34)18-36-26-14-13-22(30)16-23(26)29/h4-14,16,19,25H,3,15,17-18H2,1-2H3,(H,32,35)/t19-,25+/m1/s1. The average molecular weight is 576 g/mol. The van der Waals surface area contributed by atoms with Gasteiger partial charge in [-0.15, -0.1) is 0 Å². The van der Waals surface area contributed by atoms with Crippen LogP contribution in [0.1, 0.15) is 31.4 Å². The Morgan fingerprint density at radius 3 is 2.44 bits per heavy atom. The number of ether oxygens (including phenoxy) is 1. The van der Waals surface area contributed by atoms with Gasteiger partial charge in [0, 0.05) is 29.6 Å². The molecule has 0 radical (unpaired) electrons. The van der Waals surface area contributed by atoms with Crippen LogP contribution in [0.25, 0.3) is 0 Å². The quantitative estimate of drug-likeness (QED) is 0.297. The van der Waals surface area contributed by atoms with Crippen LogP contribution in [0.15, 0.2) is 77.3 Å². The molecule has 190 valence electrons. The van der Waals surface area contributed by atoms with E-state index in [4.69, 9.17) is 16.3 Å². The molecule has 0 saturated carbocycles. The van der Waals surface area contributed by atoms with E-state index in [0.29, 0.717) is 20.8 Å². The largest absolute Gasteiger partial charge is 0.483 e. The molecular formula is C28H29BrClFN2O3. The van der Waals surface area contributed by atoms with Gasteiger partial charge in [0.25, 0.3) is 5.91 Å². The molecule has 8 heteroatoms. The van der Waals surface area contributed by atoms with E-state index >= 15 is 0 Å². The number of carbonyl (C=O) groups excluding carboxylic acids is 2. The van der Waals surface area contributed by atoms with Crippen molar-refractivity contribution in [1.82, 2.24) is 10.2 Å². The molecule has 5 nitrogen and oxygen atoms in total. The Hall–Kier alpha value is -2.90. The molecule has 0 aliphatic rings. The fourth-order valence-electron chi connectivity index (χ4n) is 3.62. The van der Waals surface area contributed by atoms with Crippen molar-refractivity contribution in [1.29, 1.82) is 0 Å². The summed E-state index contributed by atoms with van der Waals surface area (Å²) < 4.78 is 21.0. The van der Waals surface area contributed by atoms with Gasteiger partial charge in [0.2, 0.25) is 5.91 Å². The zero-order chi connectivity index (χ0) is 26.1. The molecule has 36 heavy (non-hydrogen) atoms. The molecule has 1 N–H and O–H groups in total. The molecule has 2 atom stereocenters. The molecule has 0 saturated heterocycles. The van der Waals surface area contributed by atoms with Gasteiger partial charge in [-0.25, -0.2) is 4.39 Å². The monoisotopic (exact) mass is 574 g/mol. The molecule has 2 amide bonds. The highest BCUT2D eigenvalue weighted by atomic mass is 79.9. The van der Waals surface area contributed by atoms with Gasteiger partial charge in [0.05, 0.1) is 4.47 Å². The number of nitrogens with one attached hydrogen (secondary N) is 1. The average Bonchev–Trinajstić information content (AvgIpc) is 2.87. The predicted octanol–water partition coefficient (Wildman–Crippen LogP) is 6.18. The topological polar surface area (TPSA) is 58.6 Å². The molecule has 3 aromatic rings. The lowest BCUT2D eigenvalue weighted by atomic mass is 10.0. The van der Waals surface area contributed by atoms with Crippen molar-refractivity contribution in [3.8, 4) is 5.75 Å². The second-order valence-corrected chi connectivity index (χ2v) is 9.79. The number of halogens is 3. The molecule has 0 aromatic heterocycles. The number of hydrogen-bond donors (Lipinski definition) is 1. The van der Waals surface area contributed by atoms with E-state index < -0.39 is 17.8 Å². The van der Waals surface area contributed by atoms with E-state index in [0.717, 1.165) is 12.0 Å². The Balaban J connectivity index is 1.93. The van der Waals surface area contributed by atoms with E-state index in [1.54, 1.807) is 36.4 Å². The number of benzene rings is 3. The summed E-state index contributed by atoms with van der Waals surface area (Å²) in [5.74, 6) is -0.759. The molecule has 0 aliphatic heterocycles. The Kier molecular flexibility index (Phi) is 10.3. The number of amides is 2. The second kappa shape index (κ2) is 13.4. The SMILES string of the molecule is CC[C@@H](C)NC(=O)[C@H](Cc1ccccc1)N(Cc1ccccc1F)C(=O)COc1ccc(Cl)cc1Br. The van der Waals surface area contributed by atoms with Crippen LogP contribution in [0.4, 0.5) is 4.39 Å². The summed E-state index contributed by atoms with van der Waals surface area (Å²) in [6.07, 6.45) is 1.01.